The van der Waals surface area contributed by atoms with E-state index in [-0.39, 0.29) is 12.3 Å². The molecule has 3 unspecified atom stereocenters. The second-order valence-corrected chi connectivity index (χ2v) is 10.6. The Morgan fingerprint density at radius 1 is 1.28 bits per heavy atom. The molecule has 3 rings (SSSR count). The van der Waals surface area contributed by atoms with Gasteiger partial charge in [-0.05, 0) is 86.5 Å². The van der Waals surface area contributed by atoms with Crippen molar-refractivity contribution >= 4 is 27.6 Å². The summed E-state index contributed by atoms with van der Waals surface area (Å²) in [6, 6.07) is 6.93. The number of alkyl halides is 1. The molecule has 4 atom stereocenters. The molecule has 162 valence electrons. The van der Waals surface area contributed by atoms with Crippen molar-refractivity contribution in [3.63, 3.8) is 0 Å². The standard InChI is InChI=1S/C24H36BrNO3/c1-15(12-24(27)28)11-21-16(2)17(3)26(14-18-5-7-19(25)8-6-18)23-10-9-20(29-4)13-22(21)23/h9-10,13,15-19,21H,5-8,11-12,14H2,1-4H3,(H,27,28)/t15-,16?,17?,18?,19?,21?/m1/s1. The van der Waals surface area contributed by atoms with Crippen LogP contribution in [0.1, 0.15) is 70.8 Å². The van der Waals surface area contributed by atoms with Gasteiger partial charge in [-0.2, -0.15) is 0 Å². The highest BCUT2D eigenvalue weighted by molar-refractivity contribution is 9.09. The number of hydrogen-bond acceptors (Lipinski definition) is 3. The lowest BCUT2D eigenvalue weighted by atomic mass is 9.73. The highest BCUT2D eigenvalue weighted by Crippen LogP contribution is 2.47. The van der Waals surface area contributed by atoms with Gasteiger partial charge in [-0.25, -0.2) is 0 Å². The molecule has 0 aromatic heterocycles. The lowest BCUT2D eigenvalue weighted by Crippen LogP contribution is -2.47. The van der Waals surface area contributed by atoms with Gasteiger partial charge in [0.05, 0.1) is 7.11 Å². The van der Waals surface area contributed by atoms with Crippen molar-refractivity contribution in [1.82, 2.24) is 0 Å². The van der Waals surface area contributed by atoms with Crippen molar-refractivity contribution in [1.29, 1.82) is 0 Å². The summed E-state index contributed by atoms with van der Waals surface area (Å²) in [5.41, 5.74) is 2.66. The van der Waals surface area contributed by atoms with Crippen molar-refractivity contribution in [2.45, 2.75) is 76.1 Å². The van der Waals surface area contributed by atoms with E-state index in [9.17, 15) is 9.90 Å². The number of carbonyl (C=O) groups is 1. The van der Waals surface area contributed by atoms with Gasteiger partial charge in [-0.3, -0.25) is 4.79 Å². The van der Waals surface area contributed by atoms with E-state index >= 15 is 0 Å². The molecule has 29 heavy (non-hydrogen) atoms. The predicted molar refractivity (Wildman–Crippen MR) is 122 cm³/mol. The summed E-state index contributed by atoms with van der Waals surface area (Å²) in [7, 11) is 1.72. The topological polar surface area (TPSA) is 49.8 Å². The zero-order valence-corrected chi connectivity index (χ0v) is 19.8. The summed E-state index contributed by atoms with van der Waals surface area (Å²) in [6.07, 6.45) is 6.26. The first-order valence-electron chi connectivity index (χ1n) is 11.1. The molecule has 1 aromatic rings. The molecule has 5 heteroatoms. The Hall–Kier alpha value is -1.23. The summed E-state index contributed by atoms with van der Waals surface area (Å²) in [5, 5.41) is 9.22. The summed E-state index contributed by atoms with van der Waals surface area (Å²) >= 11 is 3.78. The predicted octanol–water partition coefficient (Wildman–Crippen LogP) is 6.08. The van der Waals surface area contributed by atoms with E-state index in [0.29, 0.717) is 22.7 Å². The van der Waals surface area contributed by atoms with Gasteiger partial charge in [0.2, 0.25) is 0 Å². The van der Waals surface area contributed by atoms with Crippen LogP contribution in [-0.4, -0.2) is 35.6 Å². The number of rotatable bonds is 7. The van der Waals surface area contributed by atoms with Crippen LogP contribution in [0.15, 0.2) is 18.2 Å². The first-order chi connectivity index (χ1) is 13.8. The van der Waals surface area contributed by atoms with E-state index in [1.807, 2.05) is 0 Å². The number of ether oxygens (including phenoxy) is 1. The van der Waals surface area contributed by atoms with Crippen LogP contribution in [0.4, 0.5) is 5.69 Å². The van der Waals surface area contributed by atoms with Gasteiger partial charge < -0.3 is 14.7 Å². The van der Waals surface area contributed by atoms with Crippen LogP contribution in [-0.2, 0) is 4.79 Å². The van der Waals surface area contributed by atoms with E-state index < -0.39 is 5.97 Å². The van der Waals surface area contributed by atoms with Gasteiger partial charge >= 0.3 is 5.97 Å². The molecule has 0 bridgehead atoms. The number of benzene rings is 1. The smallest absolute Gasteiger partial charge is 0.303 e. The second-order valence-electron chi connectivity index (χ2n) is 9.34. The molecule has 0 radical (unpaired) electrons. The Morgan fingerprint density at radius 2 is 1.97 bits per heavy atom. The van der Waals surface area contributed by atoms with Crippen LogP contribution in [0.3, 0.4) is 0 Å². The highest BCUT2D eigenvalue weighted by Gasteiger charge is 2.38. The fraction of sp³-hybridized carbons (Fsp3) is 0.708. The maximum atomic E-state index is 11.2. The maximum Gasteiger partial charge on any atom is 0.303 e. The Labute approximate surface area is 184 Å². The summed E-state index contributed by atoms with van der Waals surface area (Å²) in [6.45, 7) is 7.87. The highest BCUT2D eigenvalue weighted by atomic mass is 79.9. The molecule has 0 amide bonds. The van der Waals surface area contributed by atoms with Crippen molar-refractivity contribution < 1.29 is 14.6 Å². The molecule has 0 spiro atoms. The average Bonchev–Trinajstić information content (AvgIpc) is 2.69. The largest absolute Gasteiger partial charge is 0.497 e. The molecule has 1 aliphatic carbocycles. The zero-order valence-electron chi connectivity index (χ0n) is 18.2. The van der Waals surface area contributed by atoms with E-state index in [0.717, 1.165) is 24.6 Å². The number of methoxy groups -OCH3 is 1. The molecule has 1 aromatic carbocycles. The summed E-state index contributed by atoms with van der Waals surface area (Å²) in [4.78, 5) is 14.5. The molecular weight excluding hydrogens is 430 g/mol. The van der Waals surface area contributed by atoms with Gasteiger partial charge in [0.15, 0.2) is 0 Å². The molecule has 2 aliphatic rings. The van der Waals surface area contributed by atoms with Gasteiger partial charge in [-0.15, -0.1) is 0 Å². The van der Waals surface area contributed by atoms with E-state index in [4.69, 9.17) is 4.74 Å². The van der Waals surface area contributed by atoms with Gasteiger partial charge in [0.1, 0.15) is 5.75 Å². The van der Waals surface area contributed by atoms with Crippen molar-refractivity contribution in [3.8, 4) is 5.75 Å². The number of carboxylic acids is 1. The Bertz CT molecular complexity index is 701. The maximum absolute atomic E-state index is 11.2. The first-order valence-corrected chi connectivity index (χ1v) is 12.0. The molecule has 1 aliphatic heterocycles. The van der Waals surface area contributed by atoms with Crippen LogP contribution in [0.5, 0.6) is 5.75 Å². The minimum absolute atomic E-state index is 0.159. The number of anilines is 1. The fourth-order valence-electron chi connectivity index (χ4n) is 5.34. The number of aliphatic carboxylic acids is 1. The van der Waals surface area contributed by atoms with Crippen LogP contribution >= 0.6 is 15.9 Å². The summed E-state index contributed by atoms with van der Waals surface area (Å²) < 4.78 is 5.54. The summed E-state index contributed by atoms with van der Waals surface area (Å²) in [5.74, 6) is 1.92. The van der Waals surface area contributed by atoms with E-state index in [1.54, 1.807) is 7.11 Å². The minimum Gasteiger partial charge on any atom is -0.497 e. The lowest BCUT2D eigenvalue weighted by molar-refractivity contribution is -0.138. The van der Waals surface area contributed by atoms with Crippen molar-refractivity contribution in [2.75, 3.05) is 18.6 Å². The number of fused-ring (bicyclic) bond motifs is 1. The van der Waals surface area contributed by atoms with Gasteiger partial charge in [-0.1, -0.05) is 29.8 Å². The molecule has 0 saturated heterocycles. The minimum atomic E-state index is -0.705. The Morgan fingerprint density at radius 3 is 2.59 bits per heavy atom. The number of nitrogens with zero attached hydrogens (tertiary/aromatic N) is 1. The molecule has 4 nitrogen and oxygen atoms in total. The fourth-order valence-corrected chi connectivity index (χ4v) is 5.87. The zero-order chi connectivity index (χ0) is 21.1. The number of carboxylic acid groups (broad SMARTS) is 1. The third-order valence-electron chi connectivity index (χ3n) is 7.24. The third kappa shape index (κ3) is 5.28. The van der Waals surface area contributed by atoms with E-state index in [1.165, 1.54) is 36.9 Å². The van der Waals surface area contributed by atoms with E-state index in [2.05, 4.69) is 59.8 Å². The number of hydrogen-bond donors (Lipinski definition) is 1. The lowest BCUT2D eigenvalue weighted by Gasteiger charge is -2.47. The number of halogens is 1. The Balaban J connectivity index is 1.87. The van der Waals surface area contributed by atoms with Crippen LogP contribution in [0.2, 0.25) is 0 Å². The van der Waals surface area contributed by atoms with Crippen LogP contribution < -0.4 is 9.64 Å². The normalized spacial score (nSPS) is 30.5. The molecule has 1 N–H and O–H groups in total. The average molecular weight is 466 g/mol. The quantitative estimate of drug-likeness (QED) is 0.495. The molecule has 1 heterocycles. The van der Waals surface area contributed by atoms with Crippen molar-refractivity contribution in [3.05, 3.63) is 23.8 Å². The molecule has 1 saturated carbocycles. The monoisotopic (exact) mass is 465 g/mol. The van der Waals surface area contributed by atoms with Gasteiger partial charge in [0, 0.05) is 29.5 Å². The van der Waals surface area contributed by atoms with Crippen LogP contribution in [0.25, 0.3) is 0 Å². The Kier molecular flexibility index (Phi) is 7.53. The SMILES string of the molecule is COc1ccc2c(c1)C(C[C@@H](C)CC(=O)O)C(C)C(C)N2CC1CCC(Br)CC1. The first kappa shape index (κ1) is 22.5. The third-order valence-corrected chi connectivity index (χ3v) is 8.16. The molecule has 1 fully saturated rings. The van der Waals surface area contributed by atoms with Crippen molar-refractivity contribution in [2.24, 2.45) is 17.8 Å². The second kappa shape index (κ2) is 9.72. The van der Waals surface area contributed by atoms with Gasteiger partial charge in [0.25, 0.3) is 0 Å². The van der Waals surface area contributed by atoms with Crippen LogP contribution in [0, 0.1) is 17.8 Å². The molecular formula is C24H36BrNO3.